The van der Waals surface area contributed by atoms with Gasteiger partial charge in [0, 0.05) is 26.2 Å². The molecular formula is C19H9BrF3N5O. The number of benzene rings is 2. The minimum absolute atomic E-state index is 0.152. The third-order valence-electron chi connectivity index (χ3n) is 4.81. The molecule has 0 radical (unpaired) electrons. The molecule has 3 heterocycles. The van der Waals surface area contributed by atoms with Crippen LogP contribution in [0.1, 0.15) is 0 Å². The van der Waals surface area contributed by atoms with Crippen molar-refractivity contribution in [3.05, 3.63) is 62.9 Å². The van der Waals surface area contributed by atoms with E-state index in [-0.39, 0.29) is 33.2 Å². The Bertz CT molecular complexity index is 1540. The molecule has 29 heavy (non-hydrogen) atoms. The van der Waals surface area contributed by atoms with Crippen molar-refractivity contribution < 1.29 is 13.2 Å². The molecule has 0 atom stereocenters. The van der Waals surface area contributed by atoms with Gasteiger partial charge in [0.15, 0.2) is 11.6 Å². The number of hydrogen-bond acceptors (Lipinski definition) is 4. The number of aromatic nitrogens is 4. The van der Waals surface area contributed by atoms with Gasteiger partial charge in [-0.15, -0.1) is 0 Å². The van der Waals surface area contributed by atoms with Crippen molar-refractivity contribution >= 4 is 54.3 Å². The van der Waals surface area contributed by atoms with Gasteiger partial charge in [-0.25, -0.2) is 13.2 Å². The zero-order valence-electron chi connectivity index (χ0n) is 14.3. The summed E-state index contributed by atoms with van der Waals surface area (Å²) in [4.78, 5) is 19.3. The van der Waals surface area contributed by atoms with Gasteiger partial charge in [-0.3, -0.25) is 14.9 Å². The summed E-state index contributed by atoms with van der Waals surface area (Å²) in [7, 11) is 0. The molecule has 4 N–H and O–H groups in total. The Morgan fingerprint density at radius 2 is 1.79 bits per heavy atom. The molecule has 0 unspecified atom stereocenters. The van der Waals surface area contributed by atoms with E-state index >= 15 is 0 Å². The highest BCUT2D eigenvalue weighted by Crippen LogP contribution is 2.40. The maximum absolute atomic E-state index is 14.3. The number of fused-ring (bicyclic) bond motifs is 4. The van der Waals surface area contributed by atoms with Crippen LogP contribution < -0.4 is 11.3 Å². The van der Waals surface area contributed by atoms with Crippen LogP contribution in [0.4, 0.5) is 18.9 Å². The van der Waals surface area contributed by atoms with Crippen LogP contribution >= 0.6 is 15.9 Å². The van der Waals surface area contributed by atoms with Crippen molar-refractivity contribution in [3.63, 3.8) is 0 Å². The van der Waals surface area contributed by atoms with Crippen molar-refractivity contribution in [1.29, 1.82) is 0 Å². The summed E-state index contributed by atoms with van der Waals surface area (Å²) in [6.07, 6.45) is 2.37. The lowest BCUT2D eigenvalue weighted by atomic mass is 9.95. The monoisotopic (exact) mass is 459 g/mol. The number of aromatic amines is 2. The predicted octanol–water partition coefficient (Wildman–Crippen LogP) is 4.38. The Hall–Kier alpha value is -3.40. The Morgan fingerprint density at radius 1 is 1.00 bits per heavy atom. The van der Waals surface area contributed by atoms with E-state index in [0.29, 0.717) is 20.8 Å². The maximum Gasteiger partial charge on any atom is 0.272 e. The summed E-state index contributed by atoms with van der Waals surface area (Å²) in [6.45, 7) is 0. The number of nitrogens with one attached hydrogen (secondary N) is 2. The molecule has 0 aliphatic heterocycles. The van der Waals surface area contributed by atoms with Gasteiger partial charge < -0.3 is 10.7 Å². The number of anilines is 1. The van der Waals surface area contributed by atoms with Crippen LogP contribution in [0, 0.1) is 17.5 Å². The zero-order chi connectivity index (χ0) is 20.4. The van der Waals surface area contributed by atoms with Crippen LogP contribution in [0.25, 0.3) is 43.8 Å². The lowest BCUT2D eigenvalue weighted by Crippen LogP contribution is -2.14. The molecule has 0 bridgehead atoms. The number of hydrogen-bond donors (Lipinski definition) is 3. The second-order valence-electron chi connectivity index (χ2n) is 6.45. The smallest absolute Gasteiger partial charge is 0.272 e. The van der Waals surface area contributed by atoms with Crippen LogP contribution in [-0.2, 0) is 0 Å². The summed E-state index contributed by atoms with van der Waals surface area (Å²) in [6, 6.07) is 3.82. The van der Waals surface area contributed by atoms with E-state index in [1.807, 2.05) is 0 Å². The second-order valence-corrected chi connectivity index (χ2v) is 7.31. The largest absolute Gasteiger partial charge is 0.394 e. The van der Waals surface area contributed by atoms with Crippen molar-refractivity contribution in [2.45, 2.75) is 0 Å². The summed E-state index contributed by atoms with van der Waals surface area (Å²) >= 11 is 3.39. The van der Waals surface area contributed by atoms with E-state index in [2.05, 4.69) is 36.1 Å². The molecule has 0 amide bonds. The third kappa shape index (κ3) is 2.45. The van der Waals surface area contributed by atoms with Crippen LogP contribution in [0.3, 0.4) is 0 Å². The van der Waals surface area contributed by atoms with Crippen LogP contribution in [0.5, 0.6) is 0 Å². The Labute approximate surface area is 167 Å². The quantitative estimate of drug-likeness (QED) is 0.323. The first kappa shape index (κ1) is 17.7. The lowest BCUT2D eigenvalue weighted by molar-refractivity contribution is 0.515. The molecular weight excluding hydrogens is 451 g/mol. The Morgan fingerprint density at radius 3 is 2.59 bits per heavy atom. The summed E-state index contributed by atoms with van der Waals surface area (Å²) < 4.78 is 42.8. The van der Waals surface area contributed by atoms with Gasteiger partial charge in [0.25, 0.3) is 5.56 Å². The van der Waals surface area contributed by atoms with Crippen LogP contribution in [-0.4, -0.2) is 20.2 Å². The Kier molecular flexibility index (Phi) is 3.69. The molecule has 0 aliphatic carbocycles. The molecule has 0 aliphatic rings. The summed E-state index contributed by atoms with van der Waals surface area (Å²) in [5, 5.41) is 7.17. The van der Waals surface area contributed by atoms with Crippen molar-refractivity contribution in [2.24, 2.45) is 0 Å². The van der Waals surface area contributed by atoms with Gasteiger partial charge in [0.1, 0.15) is 17.0 Å². The number of H-pyrrole nitrogens is 2. The van der Waals surface area contributed by atoms with Gasteiger partial charge in [-0.05, 0) is 39.7 Å². The number of nitrogen functional groups attached to an aromatic ring is 1. The fourth-order valence-electron chi connectivity index (χ4n) is 3.55. The van der Waals surface area contributed by atoms with E-state index in [0.717, 1.165) is 12.3 Å². The predicted molar refractivity (Wildman–Crippen MR) is 107 cm³/mol. The van der Waals surface area contributed by atoms with Crippen molar-refractivity contribution in [1.82, 2.24) is 20.2 Å². The second kappa shape index (κ2) is 6.05. The number of nitrogens with two attached hydrogens (primary N) is 1. The standard InChI is InChI=1S/C19H9BrF3N5O/c20-11-2-8-13(7-3-12(22)14(23)18-10(7)5-26-28-18)15(24)19(29)27-16(8)9-1-6(21)4-25-17(9)11/h1-5H,24H2,(H,26,28)(H,27,29). The third-order valence-corrected chi connectivity index (χ3v) is 5.42. The van der Waals surface area contributed by atoms with E-state index in [1.54, 1.807) is 6.07 Å². The van der Waals surface area contributed by atoms with Gasteiger partial charge in [0.05, 0.1) is 23.4 Å². The number of rotatable bonds is 1. The fourth-order valence-corrected chi connectivity index (χ4v) is 4.09. The molecule has 0 saturated heterocycles. The highest BCUT2D eigenvalue weighted by Gasteiger charge is 2.21. The topological polar surface area (TPSA) is 100 Å². The van der Waals surface area contributed by atoms with Gasteiger partial charge >= 0.3 is 0 Å². The molecule has 6 nitrogen and oxygen atoms in total. The molecule has 3 aromatic heterocycles. The first-order valence-corrected chi connectivity index (χ1v) is 9.06. The van der Waals surface area contributed by atoms with E-state index < -0.39 is 23.0 Å². The average Bonchev–Trinajstić information content (AvgIpc) is 3.17. The molecule has 0 fully saturated rings. The van der Waals surface area contributed by atoms with Crippen LogP contribution in [0.2, 0.25) is 0 Å². The first-order valence-electron chi connectivity index (χ1n) is 8.27. The highest BCUT2D eigenvalue weighted by atomic mass is 79.9. The molecule has 0 saturated carbocycles. The van der Waals surface area contributed by atoms with Crippen molar-refractivity contribution in [2.75, 3.05) is 5.73 Å². The number of halogens is 4. The first-order chi connectivity index (χ1) is 13.9. The van der Waals surface area contributed by atoms with Crippen LogP contribution in [0.15, 0.2) is 39.9 Å². The molecule has 144 valence electrons. The Balaban J connectivity index is 2.04. The highest BCUT2D eigenvalue weighted by molar-refractivity contribution is 9.10. The maximum atomic E-state index is 14.3. The molecule has 5 aromatic rings. The molecule has 10 heteroatoms. The normalized spacial score (nSPS) is 11.7. The average molecular weight is 460 g/mol. The zero-order valence-corrected chi connectivity index (χ0v) is 15.9. The SMILES string of the molecule is Nc1c(-c2cc(F)c(F)c3[nH]ncc23)c2cc(Br)c3ncc(F)cc3c2[nH]c1=O. The number of nitrogens with zero attached hydrogens (tertiary/aromatic N) is 2. The van der Waals surface area contributed by atoms with Gasteiger partial charge in [-0.1, -0.05) is 0 Å². The molecule has 2 aromatic carbocycles. The minimum Gasteiger partial charge on any atom is -0.394 e. The summed E-state index contributed by atoms with van der Waals surface area (Å²) in [5.74, 6) is -2.81. The minimum atomic E-state index is -1.13. The lowest BCUT2D eigenvalue weighted by Gasteiger charge is -2.14. The van der Waals surface area contributed by atoms with Crippen molar-refractivity contribution in [3.8, 4) is 11.1 Å². The van der Waals surface area contributed by atoms with E-state index in [9.17, 15) is 18.0 Å². The molecule has 0 spiro atoms. The van der Waals surface area contributed by atoms with Gasteiger partial charge in [-0.2, -0.15) is 5.10 Å². The number of pyridine rings is 2. The van der Waals surface area contributed by atoms with Gasteiger partial charge in [0.2, 0.25) is 0 Å². The van der Waals surface area contributed by atoms with E-state index in [4.69, 9.17) is 5.73 Å². The fraction of sp³-hybridized carbons (Fsp3) is 0. The van der Waals surface area contributed by atoms with E-state index in [1.165, 1.54) is 12.3 Å². The molecule has 5 rings (SSSR count). The summed E-state index contributed by atoms with van der Waals surface area (Å²) in [5.41, 5.74) is 6.11.